The molecule has 2 aromatic rings. The van der Waals surface area contributed by atoms with Gasteiger partial charge in [0, 0.05) is 10.2 Å². The molecule has 2 aromatic carbocycles. The lowest BCUT2D eigenvalue weighted by Gasteiger charge is -2.17. The van der Waals surface area contributed by atoms with Gasteiger partial charge in [0.25, 0.3) is 0 Å². The number of aliphatic carboxylic acids is 1. The van der Waals surface area contributed by atoms with Crippen molar-refractivity contribution in [1.29, 1.82) is 0 Å². The van der Waals surface area contributed by atoms with Crippen molar-refractivity contribution in [3.05, 3.63) is 64.6 Å². The number of anilines is 1. The van der Waals surface area contributed by atoms with Gasteiger partial charge >= 0.3 is 5.97 Å². The van der Waals surface area contributed by atoms with E-state index in [9.17, 15) is 9.90 Å². The van der Waals surface area contributed by atoms with Gasteiger partial charge < -0.3 is 10.4 Å². The summed E-state index contributed by atoms with van der Waals surface area (Å²) >= 11 is 3.38. The summed E-state index contributed by atoms with van der Waals surface area (Å²) in [5, 5.41) is 12.3. The molecule has 0 saturated carbocycles. The summed E-state index contributed by atoms with van der Waals surface area (Å²) in [6.07, 6.45) is 0. The third-order valence-corrected chi connectivity index (χ3v) is 3.27. The molecule has 0 aromatic heterocycles. The summed E-state index contributed by atoms with van der Waals surface area (Å²) in [6.45, 7) is 0. The van der Waals surface area contributed by atoms with Gasteiger partial charge in [-0.2, -0.15) is 0 Å². The molecule has 1 atom stereocenters. The minimum atomic E-state index is -0.911. The first-order valence-corrected chi connectivity index (χ1v) is 6.26. The maximum Gasteiger partial charge on any atom is 0.330 e. The molecule has 0 bridgehead atoms. The molecule has 0 heterocycles. The van der Waals surface area contributed by atoms with Crippen molar-refractivity contribution in [2.45, 2.75) is 6.04 Å². The predicted octanol–water partition coefficient (Wildman–Crippen LogP) is 3.69. The third kappa shape index (κ3) is 2.90. The predicted molar refractivity (Wildman–Crippen MR) is 74.6 cm³/mol. The van der Waals surface area contributed by atoms with Crippen molar-refractivity contribution in [3.8, 4) is 0 Å². The largest absolute Gasteiger partial charge is 0.479 e. The van der Waals surface area contributed by atoms with E-state index in [0.717, 1.165) is 10.2 Å². The zero-order chi connectivity index (χ0) is 13.0. The highest BCUT2D eigenvalue weighted by Crippen LogP contribution is 2.26. The highest BCUT2D eigenvalue weighted by molar-refractivity contribution is 9.10. The van der Waals surface area contributed by atoms with E-state index in [1.807, 2.05) is 48.5 Å². The van der Waals surface area contributed by atoms with E-state index < -0.39 is 12.0 Å². The number of rotatable bonds is 4. The van der Waals surface area contributed by atoms with Crippen molar-refractivity contribution in [2.24, 2.45) is 0 Å². The number of halogens is 1. The van der Waals surface area contributed by atoms with Crippen LogP contribution < -0.4 is 5.32 Å². The lowest BCUT2D eigenvalue weighted by Crippen LogP contribution is -2.20. The number of carbonyl (C=O) groups is 1. The molecule has 92 valence electrons. The first-order valence-electron chi connectivity index (χ1n) is 5.47. The summed E-state index contributed by atoms with van der Waals surface area (Å²) in [5.41, 5.74) is 1.48. The zero-order valence-electron chi connectivity index (χ0n) is 9.51. The molecule has 1 unspecified atom stereocenters. The molecular formula is C14H12BrNO2. The average Bonchev–Trinajstić information content (AvgIpc) is 2.38. The van der Waals surface area contributed by atoms with E-state index in [1.54, 1.807) is 6.07 Å². The fourth-order valence-electron chi connectivity index (χ4n) is 1.68. The van der Waals surface area contributed by atoms with Crippen LogP contribution in [0.1, 0.15) is 11.6 Å². The second-order valence-corrected chi connectivity index (χ2v) is 4.66. The normalized spacial score (nSPS) is 11.8. The van der Waals surface area contributed by atoms with E-state index >= 15 is 0 Å². The Morgan fingerprint density at radius 3 is 2.28 bits per heavy atom. The second-order valence-electron chi connectivity index (χ2n) is 3.80. The number of carboxylic acids is 1. The molecule has 0 aliphatic rings. The van der Waals surface area contributed by atoms with Crippen molar-refractivity contribution in [3.63, 3.8) is 0 Å². The first kappa shape index (κ1) is 12.6. The number of hydrogen-bond acceptors (Lipinski definition) is 2. The van der Waals surface area contributed by atoms with Crippen molar-refractivity contribution in [2.75, 3.05) is 5.32 Å². The van der Waals surface area contributed by atoms with E-state index in [0.29, 0.717) is 5.56 Å². The van der Waals surface area contributed by atoms with Crippen LogP contribution in [0.2, 0.25) is 0 Å². The summed E-state index contributed by atoms with van der Waals surface area (Å²) < 4.78 is 0.779. The summed E-state index contributed by atoms with van der Waals surface area (Å²) in [6, 6.07) is 15.8. The van der Waals surface area contributed by atoms with Crippen LogP contribution in [-0.4, -0.2) is 11.1 Å². The number of carboxylic acid groups (broad SMARTS) is 1. The van der Waals surface area contributed by atoms with Crippen LogP contribution in [0.15, 0.2) is 59.1 Å². The Kier molecular flexibility index (Phi) is 3.99. The van der Waals surface area contributed by atoms with Crippen LogP contribution in [0.3, 0.4) is 0 Å². The quantitative estimate of drug-likeness (QED) is 0.906. The summed E-state index contributed by atoms with van der Waals surface area (Å²) in [5.74, 6) is -0.911. The molecule has 0 aliphatic heterocycles. The van der Waals surface area contributed by atoms with Crippen molar-refractivity contribution in [1.82, 2.24) is 0 Å². The molecule has 0 amide bonds. The Morgan fingerprint density at radius 1 is 1.06 bits per heavy atom. The number of para-hydroxylation sites is 1. The third-order valence-electron chi connectivity index (χ3n) is 2.55. The minimum Gasteiger partial charge on any atom is -0.479 e. The molecule has 4 heteroatoms. The highest BCUT2D eigenvalue weighted by Gasteiger charge is 2.21. The van der Waals surface area contributed by atoms with Crippen LogP contribution in [0.4, 0.5) is 5.69 Å². The molecule has 0 fully saturated rings. The number of benzene rings is 2. The van der Waals surface area contributed by atoms with Crippen LogP contribution in [0.25, 0.3) is 0 Å². The van der Waals surface area contributed by atoms with E-state index in [2.05, 4.69) is 21.2 Å². The smallest absolute Gasteiger partial charge is 0.330 e. The molecule has 0 aliphatic carbocycles. The van der Waals surface area contributed by atoms with Gasteiger partial charge in [-0.15, -0.1) is 0 Å². The Bertz CT molecular complexity index is 543. The second kappa shape index (κ2) is 5.69. The van der Waals surface area contributed by atoms with Crippen molar-refractivity contribution >= 4 is 27.6 Å². The first-order chi connectivity index (χ1) is 8.68. The van der Waals surface area contributed by atoms with Crippen LogP contribution >= 0.6 is 15.9 Å². The van der Waals surface area contributed by atoms with Gasteiger partial charge in [-0.3, -0.25) is 0 Å². The van der Waals surface area contributed by atoms with Crippen LogP contribution in [0, 0.1) is 0 Å². The van der Waals surface area contributed by atoms with Crippen molar-refractivity contribution < 1.29 is 9.90 Å². The highest BCUT2D eigenvalue weighted by atomic mass is 79.9. The monoisotopic (exact) mass is 305 g/mol. The Hall–Kier alpha value is -1.81. The molecule has 2 N–H and O–H groups in total. The number of nitrogens with one attached hydrogen (secondary N) is 1. The van der Waals surface area contributed by atoms with Gasteiger partial charge in [-0.25, -0.2) is 4.79 Å². The van der Waals surface area contributed by atoms with E-state index in [-0.39, 0.29) is 0 Å². The fourth-order valence-corrected chi connectivity index (χ4v) is 2.20. The Labute approximate surface area is 114 Å². The van der Waals surface area contributed by atoms with E-state index in [1.165, 1.54) is 0 Å². The fraction of sp³-hybridized carbons (Fsp3) is 0.0714. The molecule has 0 radical (unpaired) electrons. The zero-order valence-corrected chi connectivity index (χ0v) is 11.1. The standard InChI is InChI=1S/C14H12BrNO2/c15-12-9-5-4-8-11(12)13(14(17)18)16-10-6-2-1-3-7-10/h1-9,13,16H,(H,17,18). The number of hydrogen-bond donors (Lipinski definition) is 2. The SMILES string of the molecule is O=C(O)C(Nc1ccccc1)c1ccccc1Br. The molecular weight excluding hydrogens is 294 g/mol. The molecule has 0 saturated heterocycles. The van der Waals surface area contributed by atoms with Crippen LogP contribution in [-0.2, 0) is 4.79 Å². The van der Waals surface area contributed by atoms with Crippen LogP contribution in [0.5, 0.6) is 0 Å². The maximum absolute atomic E-state index is 11.4. The average molecular weight is 306 g/mol. The minimum absolute atomic E-state index is 0.703. The molecule has 18 heavy (non-hydrogen) atoms. The molecule has 3 nitrogen and oxygen atoms in total. The van der Waals surface area contributed by atoms with E-state index in [4.69, 9.17) is 0 Å². The topological polar surface area (TPSA) is 49.3 Å². The van der Waals surface area contributed by atoms with Gasteiger partial charge in [-0.05, 0) is 23.8 Å². The van der Waals surface area contributed by atoms with Gasteiger partial charge in [0.05, 0.1) is 0 Å². The molecule has 0 spiro atoms. The Morgan fingerprint density at radius 2 is 1.67 bits per heavy atom. The van der Waals surface area contributed by atoms with Gasteiger partial charge in [0.2, 0.25) is 0 Å². The summed E-state index contributed by atoms with van der Waals surface area (Å²) in [4.78, 5) is 11.4. The lowest BCUT2D eigenvalue weighted by molar-refractivity contribution is -0.138. The maximum atomic E-state index is 11.4. The Balaban J connectivity index is 2.30. The summed E-state index contributed by atoms with van der Waals surface area (Å²) in [7, 11) is 0. The van der Waals surface area contributed by atoms with Gasteiger partial charge in [0.15, 0.2) is 6.04 Å². The molecule has 2 rings (SSSR count). The van der Waals surface area contributed by atoms with Gasteiger partial charge in [-0.1, -0.05) is 52.3 Å². The lowest BCUT2D eigenvalue weighted by atomic mass is 10.1. The van der Waals surface area contributed by atoms with Gasteiger partial charge in [0.1, 0.15) is 0 Å².